The molecule has 0 aliphatic carbocycles. The number of rotatable bonds is 4. The summed E-state index contributed by atoms with van der Waals surface area (Å²) in [4.78, 5) is 13.1. The second kappa shape index (κ2) is 4.28. The average molecular weight is 199 g/mol. The van der Waals surface area contributed by atoms with Crippen molar-refractivity contribution in [3.8, 4) is 0 Å². The minimum Gasteiger partial charge on any atom is -0.368 e. The van der Waals surface area contributed by atoms with Crippen molar-refractivity contribution in [2.24, 2.45) is 5.73 Å². The maximum atomic E-state index is 11.0. The van der Waals surface area contributed by atoms with Gasteiger partial charge in [0.1, 0.15) is 0 Å². The van der Waals surface area contributed by atoms with Gasteiger partial charge < -0.3 is 16.0 Å². The third-order valence-electron chi connectivity index (χ3n) is 2.96. The second-order valence-corrected chi connectivity index (χ2v) is 4.75. The number of nitrogens with zero attached hydrogens (tertiary/aromatic N) is 1. The summed E-state index contributed by atoms with van der Waals surface area (Å²) in [5.74, 6) is -0.224. The van der Waals surface area contributed by atoms with Crippen LogP contribution >= 0.6 is 0 Å². The highest BCUT2D eigenvalue weighted by Crippen LogP contribution is 2.26. The highest BCUT2D eigenvalue weighted by Gasteiger charge is 2.36. The van der Waals surface area contributed by atoms with E-state index in [1.54, 1.807) is 0 Å². The lowest BCUT2D eigenvalue weighted by Crippen LogP contribution is -2.46. The molecule has 0 bridgehead atoms. The van der Waals surface area contributed by atoms with Gasteiger partial charge in [-0.3, -0.25) is 4.79 Å². The lowest BCUT2D eigenvalue weighted by molar-refractivity contribution is -0.119. The van der Waals surface area contributed by atoms with E-state index in [2.05, 4.69) is 31.2 Å². The molecule has 4 nitrogen and oxygen atoms in total. The Bertz CT molecular complexity index is 217. The number of hydrogen-bond acceptors (Lipinski definition) is 3. The van der Waals surface area contributed by atoms with Gasteiger partial charge in [0.25, 0.3) is 0 Å². The normalized spacial score (nSPS) is 32.4. The predicted octanol–water partition coefficient (Wildman–Crippen LogP) is -0.0659. The van der Waals surface area contributed by atoms with Gasteiger partial charge in [-0.2, -0.15) is 0 Å². The Morgan fingerprint density at radius 1 is 1.64 bits per heavy atom. The number of carbonyl (C=O) groups is 1. The molecule has 1 rings (SSSR count). The van der Waals surface area contributed by atoms with E-state index in [-0.39, 0.29) is 17.5 Å². The molecule has 3 N–H and O–H groups in total. The number of carbonyl (C=O) groups excluding carboxylic acids is 1. The van der Waals surface area contributed by atoms with Gasteiger partial charge in [0.05, 0.1) is 6.04 Å². The first-order chi connectivity index (χ1) is 6.43. The fourth-order valence-corrected chi connectivity index (χ4v) is 1.91. The molecule has 1 aliphatic rings. The molecule has 0 aromatic carbocycles. The van der Waals surface area contributed by atoms with Crippen LogP contribution in [0.2, 0.25) is 0 Å². The average Bonchev–Trinajstić information content (AvgIpc) is 2.46. The molecular formula is C10H21N3O. The van der Waals surface area contributed by atoms with Crippen LogP contribution in [0.5, 0.6) is 0 Å². The van der Waals surface area contributed by atoms with E-state index < -0.39 is 0 Å². The smallest absolute Gasteiger partial charge is 0.234 e. The van der Waals surface area contributed by atoms with Gasteiger partial charge in [-0.1, -0.05) is 0 Å². The summed E-state index contributed by atoms with van der Waals surface area (Å²) in [5, 5.41) is 3.32. The number of hydrogen-bond donors (Lipinski definition) is 2. The minimum absolute atomic E-state index is 0.0873. The highest BCUT2D eigenvalue weighted by atomic mass is 16.1. The Morgan fingerprint density at radius 2 is 2.29 bits per heavy atom. The van der Waals surface area contributed by atoms with Crippen molar-refractivity contribution >= 4 is 5.91 Å². The van der Waals surface area contributed by atoms with E-state index >= 15 is 0 Å². The van der Waals surface area contributed by atoms with Crippen LogP contribution in [0.4, 0.5) is 0 Å². The number of nitrogens with one attached hydrogen (secondary N) is 1. The molecule has 0 saturated carbocycles. The third kappa shape index (κ3) is 2.96. The summed E-state index contributed by atoms with van der Waals surface area (Å²) in [7, 11) is 4.12. The van der Waals surface area contributed by atoms with Crippen molar-refractivity contribution in [1.82, 2.24) is 10.2 Å². The molecule has 1 heterocycles. The van der Waals surface area contributed by atoms with Crippen LogP contribution in [-0.2, 0) is 4.79 Å². The topological polar surface area (TPSA) is 58.4 Å². The van der Waals surface area contributed by atoms with E-state index in [1.165, 1.54) is 0 Å². The van der Waals surface area contributed by atoms with Crippen LogP contribution in [0.1, 0.15) is 26.2 Å². The Morgan fingerprint density at radius 3 is 2.71 bits per heavy atom. The SMILES string of the molecule is CN(C)CCC1(C)CCC(C(N)=O)N1. The molecule has 0 radical (unpaired) electrons. The molecule has 1 saturated heterocycles. The zero-order chi connectivity index (χ0) is 10.8. The molecule has 1 fully saturated rings. The van der Waals surface area contributed by atoms with Crippen LogP contribution in [0, 0.1) is 0 Å². The molecule has 82 valence electrons. The van der Waals surface area contributed by atoms with Crippen molar-refractivity contribution in [2.45, 2.75) is 37.8 Å². The van der Waals surface area contributed by atoms with Crippen molar-refractivity contribution in [1.29, 1.82) is 0 Å². The van der Waals surface area contributed by atoms with Crippen LogP contribution in [-0.4, -0.2) is 43.0 Å². The zero-order valence-electron chi connectivity index (χ0n) is 9.34. The molecule has 2 atom stereocenters. The zero-order valence-corrected chi connectivity index (χ0v) is 9.34. The molecule has 14 heavy (non-hydrogen) atoms. The number of amides is 1. The fraction of sp³-hybridized carbons (Fsp3) is 0.900. The molecular weight excluding hydrogens is 178 g/mol. The molecule has 0 aromatic rings. The summed E-state index contributed by atoms with van der Waals surface area (Å²) in [6.07, 6.45) is 2.97. The summed E-state index contributed by atoms with van der Waals surface area (Å²) in [6.45, 7) is 3.20. The van der Waals surface area contributed by atoms with E-state index in [0.29, 0.717) is 0 Å². The standard InChI is InChI=1S/C10H21N3O/c1-10(6-7-13(2)3)5-4-8(12-10)9(11)14/h8,12H,4-7H2,1-3H3,(H2,11,14). The Balaban J connectivity index is 2.41. The second-order valence-electron chi connectivity index (χ2n) is 4.75. The molecule has 1 aliphatic heterocycles. The van der Waals surface area contributed by atoms with Crippen LogP contribution in [0.25, 0.3) is 0 Å². The lowest BCUT2D eigenvalue weighted by atomic mass is 9.96. The van der Waals surface area contributed by atoms with Crippen molar-refractivity contribution in [3.05, 3.63) is 0 Å². The maximum Gasteiger partial charge on any atom is 0.234 e. The van der Waals surface area contributed by atoms with Crippen molar-refractivity contribution in [2.75, 3.05) is 20.6 Å². The fourth-order valence-electron chi connectivity index (χ4n) is 1.91. The van der Waals surface area contributed by atoms with Gasteiger partial charge >= 0.3 is 0 Å². The van der Waals surface area contributed by atoms with Gasteiger partial charge in [0, 0.05) is 5.54 Å². The van der Waals surface area contributed by atoms with Gasteiger partial charge in [-0.05, 0) is 46.8 Å². The van der Waals surface area contributed by atoms with E-state index in [4.69, 9.17) is 5.73 Å². The first kappa shape index (κ1) is 11.5. The van der Waals surface area contributed by atoms with Crippen molar-refractivity contribution < 1.29 is 4.79 Å². The maximum absolute atomic E-state index is 11.0. The van der Waals surface area contributed by atoms with Gasteiger partial charge in [-0.15, -0.1) is 0 Å². The van der Waals surface area contributed by atoms with Gasteiger partial charge in [0.2, 0.25) is 5.91 Å². The molecule has 4 heteroatoms. The summed E-state index contributed by atoms with van der Waals surface area (Å²) in [6, 6.07) is -0.123. The number of primary amides is 1. The molecule has 0 aromatic heterocycles. The minimum atomic E-state index is -0.224. The first-order valence-electron chi connectivity index (χ1n) is 5.15. The summed E-state index contributed by atoms with van der Waals surface area (Å²) >= 11 is 0. The Labute approximate surface area is 85.8 Å². The van der Waals surface area contributed by atoms with Crippen LogP contribution < -0.4 is 11.1 Å². The van der Waals surface area contributed by atoms with Crippen LogP contribution in [0.15, 0.2) is 0 Å². The predicted molar refractivity (Wildman–Crippen MR) is 56.9 cm³/mol. The molecule has 0 spiro atoms. The van der Waals surface area contributed by atoms with Crippen LogP contribution in [0.3, 0.4) is 0 Å². The van der Waals surface area contributed by atoms with E-state index in [0.717, 1.165) is 25.8 Å². The summed E-state index contributed by atoms with van der Waals surface area (Å²) in [5.41, 5.74) is 5.35. The van der Waals surface area contributed by atoms with Gasteiger partial charge in [-0.25, -0.2) is 0 Å². The van der Waals surface area contributed by atoms with Crippen molar-refractivity contribution in [3.63, 3.8) is 0 Å². The van der Waals surface area contributed by atoms with E-state index in [1.807, 2.05) is 0 Å². The summed E-state index contributed by atoms with van der Waals surface area (Å²) < 4.78 is 0. The Hall–Kier alpha value is -0.610. The van der Waals surface area contributed by atoms with Gasteiger partial charge in [0.15, 0.2) is 0 Å². The number of nitrogens with two attached hydrogens (primary N) is 1. The quantitative estimate of drug-likeness (QED) is 0.666. The molecule has 1 amide bonds. The lowest BCUT2D eigenvalue weighted by Gasteiger charge is -2.27. The highest BCUT2D eigenvalue weighted by molar-refractivity contribution is 5.80. The Kier molecular flexibility index (Phi) is 3.50. The first-order valence-corrected chi connectivity index (χ1v) is 5.15. The van der Waals surface area contributed by atoms with E-state index in [9.17, 15) is 4.79 Å². The largest absolute Gasteiger partial charge is 0.368 e. The monoisotopic (exact) mass is 199 g/mol. The molecule has 2 unspecified atom stereocenters. The third-order valence-corrected chi connectivity index (χ3v) is 2.96.